The maximum Gasteiger partial charge on any atom is 0.252 e. The molecule has 0 aliphatic rings. The van der Waals surface area contributed by atoms with Gasteiger partial charge in [-0.1, -0.05) is 0 Å². The SMILES string of the molecule is O=C(CCNC(=O)c1ccsc1)NCCCc1ncn[nH]1. The molecule has 0 atom stereocenters. The van der Waals surface area contributed by atoms with Crippen molar-refractivity contribution in [2.24, 2.45) is 0 Å². The molecule has 2 heterocycles. The number of nitrogens with one attached hydrogen (secondary N) is 3. The number of carbonyl (C=O) groups excluding carboxylic acids is 2. The molecule has 0 unspecified atom stereocenters. The topological polar surface area (TPSA) is 99.8 Å². The van der Waals surface area contributed by atoms with Crippen LogP contribution < -0.4 is 10.6 Å². The highest BCUT2D eigenvalue weighted by atomic mass is 32.1. The van der Waals surface area contributed by atoms with Gasteiger partial charge in [-0.25, -0.2) is 4.98 Å². The number of nitrogens with zero attached hydrogens (tertiary/aromatic N) is 2. The number of aromatic nitrogens is 3. The summed E-state index contributed by atoms with van der Waals surface area (Å²) in [6, 6.07) is 1.75. The van der Waals surface area contributed by atoms with E-state index in [0.29, 0.717) is 18.7 Å². The second kappa shape index (κ2) is 8.15. The molecular weight excluding hydrogens is 290 g/mol. The van der Waals surface area contributed by atoms with E-state index in [-0.39, 0.29) is 18.2 Å². The van der Waals surface area contributed by atoms with Crippen molar-refractivity contribution in [2.75, 3.05) is 13.1 Å². The average molecular weight is 307 g/mol. The number of aromatic amines is 1. The van der Waals surface area contributed by atoms with Gasteiger partial charge < -0.3 is 10.6 Å². The van der Waals surface area contributed by atoms with Crippen molar-refractivity contribution >= 4 is 23.2 Å². The van der Waals surface area contributed by atoms with Gasteiger partial charge in [0, 0.05) is 36.9 Å². The number of H-pyrrole nitrogens is 1. The summed E-state index contributed by atoms with van der Waals surface area (Å²) < 4.78 is 0. The van der Waals surface area contributed by atoms with Crippen molar-refractivity contribution in [3.05, 3.63) is 34.5 Å². The van der Waals surface area contributed by atoms with Crippen LogP contribution in [0.5, 0.6) is 0 Å². The van der Waals surface area contributed by atoms with Crippen molar-refractivity contribution in [1.82, 2.24) is 25.8 Å². The van der Waals surface area contributed by atoms with Crippen molar-refractivity contribution in [3.63, 3.8) is 0 Å². The number of carbonyl (C=O) groups is 2. The smallest absolute Gasteiger partial charge is 0.252 e. The first-order valence-corrected chi connectivity index (χ1v) is 7.61. The van der Waals surface area contributed by atoms with Gasteiger partial charge in [-0.15, -0.1) is 0 Å². The Bertz CT molecular complexity index is 553. The van der Waals surface area contributed by atoms with Crippen LogP contribution in [-0.2, 0) is 11.2 Å². The van der Waals surface area contributed by atoms with Gasteiger partial charge >= 0.3 is 0 Å². The zero-order chi connectivity index (χ0) is 14.9. The van der Waals surface area contributed by atoms with Gasteiger partial charge in [0.2, 0.25) is 5.91 Å². The predicted molar refractivity (Wildman–Crippen MR) is 79.0 cm³/mol. The molecule has 0 saturated carbocycles. The van der Waals surface area contributed by atoms with E-state index in [1.807, 2.05) is 5.38 Å². The Morgan fingerprint density at radius 3 is 2.90 bits per heavy atom. The fourth-order valence-electron chi connectivity index (χ4n) is 1.71. The van der Waals surface area contributed by atoms with Crippen LogP contribution in [0, 0.1) is 0 Å². The molecule has 3 N–H and O–H groups in total. The summed E-state index contributed by atoms with van der Waals surface area (Å²) in [7, 11) is 0. The summed E-state index contributed by atoms with van der Waals surface area (Å²) in [5, 5.41) is 15.7. The highest BCUT2D eigenvalue weighted by molar-refractivity contribution is 7.08. The molecule has 2 aromatic rings. The van der Waals surface area contributed by atoms with E-state index in [4.69, 9.17) is 0 Å². The van der Waals surface area contributed by atoms with E-state index in [1.54, 1.807) is 11.4 Å². The Kier molecular flexibility index (Phi) is 5.89. The first-order chi connectivity index (χ1) is 10.3. The molecule has 8 heteroatoms. The molecule has 2 rings (SSSR count). The molecule has 0 spiro atoms. The number of hydrogen-bond donors (Lipinski definition) is 3. The third kappa shape index (κ3) is 5.35. The molecular formula is C13H17N5O2S. The number of amides is 2. The molecule has 7 nitrogen and oxygen atoms in total. The van der Waals surface area contributed by atoms with Gasteiger partial charge in [0.05, 0.1) is 0 Å². The lowest BCUT2D eigenvalue weighted by molar-refractivity contribution is -0.120. The number of rotatable bonds is 8. The Hall–Kier alpha value is -2.22. The minimum Gasteiger partial charge on any atom is -0.356 e. The summed E-state index contributed by atoms with van der Waals surface area (Å²) in [6.45, 7) is 0.917. The summed E-state index contributed by atoms with van der Waals surface area (Å²) in [4.78, 5) is 27.2. The highest BCUT2D eigenvalue weighted by Gasteiger charge is 2.06. The van der Waals surface area contributed by atoms with E-state index in [0.717, 1.165) is 18.7 Å². The van der Waals surface area contributed by atoms with Gasteiger partial charge in [0.15, 0.2) is 0 Å². The molecule has 0 bridgehead atoms. The Balaban J connectivity index is 1.52. The van der Waals surface area contributed by atoms with Gasteiger partial charge in [-0.3, -0.25) is 14.7 Å². The van der Waals surface area contributed by atoms with Crippen LogP contribution in [0.1, 0.15) is 29.0 Å². The van der Waals surface area contributed by atoms with Crippen LogP contribution in [0.25, 0.3) is 0 Å². The van der Waals surface area contributed by atoms with Crippen LogP contribution in [0.2, 0.25) is 0 Å². The molecule has 112 valence electrons. The molecule has 0 fully saturated rings. The number of thiophene rings is 1. The Morgan fingerprint density at radius 2 is 2.19 bits per heavy atom. The van der Waals surface area contributed by atoms with Crippen LogP contribution in [-0.4, -0.2) is 40.1 Å². The fraction of sp³-hybridized carbons (Fsp3) is 0.385. The maximum absolute atomic E-state index is 11.6. The molecule has 0 aliphatic carbocycles. The normalized spacial score (nSPS) is 10.3. The lowest BCUT2D eigenvalue weighted by Crippen LogP contribution is -2.31. The summed E-state index contributed by atoms with van der Waals surface area (Å²) >= 11 is 1.47. The van der Waals surface area contributed by atoms with E-state index in [1.165, 1.54) is 17.7 Å². The Morgan fingerprint density at radius 1 is 1.29 bits per heavy atom. The zero-order valence-electron chi connectivity index (χ0n) is 11.5. The Labute approximate surface area is 126 Å². The maximum atomic E-state index is 11.6. The molecule has 0 radical (unpaired) electrons. The average Bonchev–Trinajstić information content (AvgIpc) is 3.16. The lowest BCUT2D eigenvalue weighted by Gasteiger charge is -2.05. The fourth-order valence-corrected chi connectivity index (χ4v) is 2.34. The second-order valence-electron chi connectivity index (χ2n) is 4.40. The molecule has 0 aromatic carbocycles. The monoisotopic (exact) mass is 307 g/mol. The van der Waals surface area contributed by atoms with E-state index in [9.17, 15) is 9.59 Å². The summed E-state index contributed by atoms with van der Waals surface area (Å²) in [5.41, 5.74) is 0.632. The van der Waals surface area contributed by atoms with Crippen LogP contribution in [0.3, 0.4) is 0 Å². The van der Waals surface area contributed by atoms with E-state index in [2.05, 4.69) is 25.8 Å². The van der Waals surface area contributed by atoms with Crippen molar-refractivity contribution in [3.8, 4) is 0 Å². The third-order valence-electron chi connectivity index (χ3n) is 2.80. The minimum atomic E-state index is -0.144. The third-order valence-corrected chi connectivity index (χ3v) is 3.48. The van der Waals surface area contributed by atoms with Gasteiger partial charge in [-0.2, -0.15) is 16.4 Å². The molecule has 0 aliphatic heterocycles. The largest absolute Gasteiger partial charge is 0.356 e. The van der Waals surface area contributed by atoms with Crippen molar-refractivity contribution in [1.29, 1.82) is 0 Å². The minimum absolute atomic E-state index is 0.0711. The predicted octanol–water partition coefficient (Wildman–Crippen LogP) is 0.735. The van der Waals surface area contributed by atoms with E-state index >= 15 is 0 Å². The number of aryl methyl sites for hydroxylation is 1. The molecule has 21 heavy (non-hydrogen) atoms. The highest BCUT2D eigenvalue weighted by Crippen LogP contribution is 2.04. The van der Waals surface area contributed by atoms with Crippen molar-refractivity contribution in [2.45, 2.75) is 19.3 Å². The van der Waals surface area contributed by atoms with Gasteiger partial charge in [0.1, 0.15) is 12.2 Å². The zero-order valence-corrected chi connectivity index (χ0v) is 12.3. The summed E-state index contributed by atoms with van der Waals surface area (Å²) in [5.74, 6) is 0.597. The molecule has 2 aromatic heterocycles. The standard InChI is InChI=1S/C13H17N5O2S/c19-12(14-5-1-2-11-16-9-17-18-11)3-6-15-13(20)10-4-7-21-8-10/h4,7-9H,1-3,5-6H2,(H,14,19)(H,15,20)(H,16,17,18). The quantitative estimate of drug-likeness (QED) is 0.626. The first-order valence-electron chi connectivity index (χ1n) is 6.67. The summed E-state index contributed by atoms with van der Waals surface area (Å²) in [6.07, 6.45) is 3.28. The van der Waals surface area contributed by atoms with Crippen molar-refractivity contribution < 1.29 is 9.59 Å². The molecule has 0 saturated heterocycles. The lowest BCUT2D eigenvalue weighted by atomic mass is 10.3. The first kappa shape index (κ1) is 15.2. The van der Waals surface area contributed by atoms with Gasteiger partial charge in [0.25, 0.3) is 5.91 Å². The van der Waals surface area contributed by atoms with Gasteiger partial charge in [-0.05, 0) is 17.9 Å². The van der Waals surface area contributed by atoms with E-state index < -0.39 is 0 Å². The molecule has 2 amide bonds. The van der Waals surface area contributed by atoms with Crippen LogP contribution in [0.15, 0.2) is 23.2 Å². The van der Waals surface area contributed by atoms with Crippen LogP contribution in [0.4, 0.5) is 0 Å². The van der Waals surface area contributed by atoms with Crippen LogP contribution >= 0.6 is 11.3 Å². The second-order valence-corrected chi connectivity index (χ2v) is 5.18. The number of hydrogen-bond acceptors (Lipinski definition) is 5.